The van der Waals surface area contributed by atoms with E-state index >= 15 is 0 Å². The Morgan fingerprint density at radius 3 is 2.35 bits per heavy atom. The van der Waals surface area contributed by atoms with Gasteiger partial charge in [0.2, 0.25) is 0 Å². The molecule has 1 unspecified atom stereocenters. The van der Waals surface area contributed by atoms with Gasteiger partial charge in [-0.1, -0.05) is 37.8 Å². The van der Waals surface area contributed by atoms with E-state index in [1.165, 1.54) is 25.7 Å². The van der Waals surface area contributed by atoms with Crippen LogP contribution in [-0.4, -0.2) is 28.2 Å². The summed E-state index contributed by atoms with van der Waals surface area (Å²) < 4.78 is 0. The number of hydrogen-bond acceptors (Lipinski definition) is 1. The van der Waals surface area contributed by atoms with Crippen molar-refractivity contribution in [3.8, 4) is 0 Å². The molecular formula is C14H23NO2. The molecule has 1 amide bonds. The summed E-state index contributed by atoms with van der Waals surface area (Å²) in [4.78, 5) is 13.3. The minimum atomic E-state index is -0.745. The largest absolute Gasteiger partial charge is 0.465 e. The molecule has 3 nitrogen and oxygen atoms in total. The van der Waals surface area contributed by atoms with E-state index in [1.807, 2.05) is 0 Å². The number of hydrogen-bond donors (Lipinski definition) is 1. The highest BCUT2D eigenvalue weighted by atomic mass is 16.4. The van der Waals surface area contributed by atoms with Crippen LogP contribution in [-0.2, 0) is 0 Å². The summed E-state index contributed by atoms with van der Waals surface area (Å²) in [7, 11) is 0. The molecule has 0 aromatic rings. The molecule has 0 bridgehead atoms. The third kappa shape index (κ3) is 2.82. The Morgan fingerprint density at radius 2 is 1.76 bits per heavy atom. The second kappa shape index (κ2) is 5.56. The van der Waals surface area contributed by atoms with Gasteiger partial charge in [0.15, 0.2) is 0 Å². The molecule has 2 aliphatic carbocycles. The van der Waals surface area contributed by atoms with Crippen molar-refractivity contribution in [3.05, 3.63) is 12.2 Å². The highest BCUT2D eigenvalue weighted by Gasteiger charge is 2.33. The first-order valence-electron chi connectivity index (χ1n) is 6.89. The zero-order valence-corrected chi connectivity index (χ0v) is 10.5. The zero-order chi connectivity index (χ0) is 12.3. The lowest BCUT2D eigenvalue weighted by atomic mass is 9.86. The number of rotatable bonds is 2. The summed E-state index contributed by atoms with van der Waals surface area (Å²) >= 11 is 0. The van der Waals surface area contributed by atoms with Gasteiger partial charge in [0.05, 0.1) is 6.04 Å². The maximum atomic E-state index is 11.5. The molecule has 0 aliphatic heterocycles. The maximum absolute atomic E-state index is 11.5. The van der Waals surface area contributed by atoms with Crippen LogP contribution in [0.3, 0.4) is 0 Å². The number of carbonyl (C=O) groups is 1. The van der Waals surface area contributed by atoms with Crippen LogP contribution in [0.1, 0.15) is 57.8 Å². The smallest absolute Gasteiger partial charge is 0.408 e. The van der Waals surface area contributed by atoms with Crippen molar-refractivity contribution in [2.24, 2.45) is 0 Å². The third-order valence-electron chi connectivity index (χ3n) is 4.22. The molecule has 0 aromatic carbocycles. The van der Waals surface area contributed by atoms with Crippen molar-refractivity contribution in [1.82, 2.24) is 4.90 Å². The molecule has 2 rings (SSSR count). The van der Waals surface area contributed by atoms with Crippen LogP contribution >= 0.6 is 0 Å². The van der Waals surface area contributed by atoms with Gasteiger partial charge in [0.25, 0.3) is 0 Å². The first-order valence-corrected chi connectivity index (χ1v) is 6.89. The Kier molecular flexibility index (Phi) is 4.08. The summed E-state index contributed by atoms with van der Waals surface area (Å²) in [6.07, 6.45) is 9.23. The van der Waals surface area contributed by atoms with E-state index in [2.05, 4.69) is 6.58 Å². The van der Waals surface area contributed by atoms with Gasteiger partial charge in [-0.15, -0.1) is 0 Å². The monoisotopic (exact) mass is 237 g/mol. The molecule has 96 valence electrons. The fourth-order valence-corrected chi connectivity index (χ4v) is 3.30. The molecular weight excluding hydrogens is 214 g/mol. The summed E-state index contributed by atoms with van der Waals surface area (Å²) in [5.41, 5.74) is 1.13. The molecule has 2 fully saturated rings. The molecule has 0 saturated heterocycles. The van der Waals surface area contributed by atoms with Crippen molar-refractivity contribution in [3.63, 3.8) is 0 Å². The fourth-order valence-electron chi connectivity index (χ4n) is 3.30. The average Bonchev–Trinajstić information content (AvgIpc) is 2.33. The Hall–Kier alpha value is -0.990. The predicted octanol–water partition coefficient (Wildman–Crippen LogP) is 3.80. The highest BCUT2D eigenvalue weighted by Crippen LogP contribution is 2.32. The average molecular weight is 237 g/mol. The third-order valence-corrected chi connectivity index (χ3v) is 4.22. The van der Waals surface area contributed by atoms with E-state index in [1.54, 1.807) is 4.90 Å². The molecule has 0 aromatic heterocycles. The van der Waals surface area contributed by atoms with E-state index in [0.29, 0.717) is 0 Å². The van der Waals surface area contributed by atoms with Crippen LogP contribution in [0.15, 0.2) is 12.2 Å². The van der Waals surface area contributed by atoms with Gasteiger partial charge in [0, 0.05) is 6.04 Å². The van der Waals surface area contributed by atoms with Crippen LogP contribution in [0.2, 0.25) is 0 Å². The van der Waals surface area contributed by atoms with Gasteiger partial charge in [0.1, 0.15) is 0 Å². The normalized spacial score (nSPS) is 26.8. The van der Waals surface area contributed by atoms with E-state index < -0.39 is 6.09 Å². The molecule has 2 aliphatic rings. The van der Waals surface area contributed by atoms with E-state index in [-0.39, 0.29) is 12.1 Å². The minimum Gasteiger partial charge on any atom is -0.465 e. The summed E-state index contributed by atoms with van der Waals surface area (Å²) in [5.74, 6) is 0. The van der Waals surface area contributed by atoms with Crippen LogP contribution in [0.4, 0.5) is 4.79 Å². The standard InChI is InChI=1S/C14H23NO2/c1-11-7-5-6-10-13(11)15(14(16)17)12-8-3-2-4-9-12/h12-13H,1-10H2,(H,16,17). The van der Waals surface area contributed by atoms with E-state index in [0.717, 1.165) is 37.7 Å². The van der Waals surface area contributed by atoms with Crippen molar-refractivity contribution >= 4 is 6.09 Å². The number of carboxylic acid groups (broad SMARTS) is 1. The Bertz CT molecular complexity index is 295. The Balaban J connectivity index is 2.09. The van der Waals surface area contributed by atoms with Crippen molar-refractivity contribution in [2.75, 3.05) is 0 Å². The molecule has 0 radical (unpaired) electrons. The topological polar surface area (TPSA) is 40.5 Å². The molecule has 17 heavy (non-hydrogen) atoms. The first kappa shape index (κ1) is 12.5. The van der Waals surface area contributed by atoms with E-state index in [9.17, 15) is 9.90 Å². The van der Waals surface area contributed by atoms with Gasteiger partial charge < -0.3 is 5.11 Å². The fraction of sp³-hybridized carbons (Fsp3) is 0.786. The summed E-state index contributed by atoms with van der Waals surface area (Å²) in [6, 6.07) is 0.324. The van der Waals surface area contributed by atoms with Crippen LogP contribution in [0.25, 0.3) is 0 Å². The summed E-state index contributed by atoms with van der Waals surface area (Å²) in [5, 5.41) is 9.48. The first-order chi connectivity index (χ1) is 8.20. The molecule has 3 heteroatoms. The number of amides is 1. The molecule has 1 N–H and O–H groups in total. The Labute approximate surface area is 103 Å². The predicted molar refractivity (Wildman–Crippen MR) is 68.1 cm³/mol. The van der Waals surface area contributed by atoms with Gasteiger partial charge in [-0.3, -0.25) is 4.90 Å². The van der Waals surface area contributed by atoms with Gasteiger partial charge in [-0.05, 0) is 32.1 Å². The second-order valence-corrected chi connectivity index (χ2v) is 5.40. The SMILES string of the molecule is C=C1CCCCC1N(C(=O)O)C1CCCCC1. The van der Waals surface area contributed by atoms with Crippen LogP contribution in [0.5, 0.6) is 0 Å². The summed E-state index contributed by atoms with van der Waals surface area (Å²) in [6.45, 7) is 4.09. The lowest BCUT2D eigenvalue weighted by molar-refractivity contribution is 0.0857. The van der Waals surface area contributed by atoms with Gasteiger partial charge in [-0.2, -0.15) is 0 Å². The molecule has 1 atom stereocenters. The van der Waals surface area contributed by atoms with Crippen LogP contribution in [0, 0.1) is 0 Å². The van der Waals surface area contributed by atoms with Crippen molar-refractivity contribution in [1.29, 1.82) is 0 Å². The maximum Gasteiger partial charge on any atom is 0.408 e. The lowest BCUT2D eigenvalue weighted by Gasteiger charge is -2.40. The number of nitrogens with zero attached hydrogens (tertiary/aromatic N) is 1. The van der Waals surface area contributed by atoms with Crippen LogP contribution < -0.4 is 0 Å². The molecule has 2 saturated carbocycles. The quantitative estimate of drug-likeness (QED) is 0.742. The Morgan fingerprint density at radius 1 is 1.12 bits per heavy atom. The lowest BCUT2D eigenvalue weighted by Crippen LogP contribution is -2.48. The van der Waals surface area contributed by atoms with Gasteiger partial charge in [-0.25, -0.2) is 4.79 Å². The zero-order valence-electron chi connectivity index (χ0n) is 10.5. The molecule has 0 spiro atoms. The second-order valence-electron chi connectivity index (χ2n) is 5.40. The highest BCUT2D eigenvalue weighted by molar-refractivity contribution is 5.66. The van der Waals surface area contributed by atoms with E-state index in [4.69, 9.17) is 0 Å². The minimum absolute atomic E-state index is 0.0874. The van der Waals surface area contributed by atoms with Crippen molar-refractivity contribution in [2.45, 2.75) is 69.9 Å². The molecule has 0 heterocycles. The van der Waals surface area contributed by atoms with Gasteiger partial charge >= 0.3 is 6.09 Å². The van der Waals surface area contributed by atoms with Crippen molar-refractivity contribution < 1.29 is 9.90 Å².